The molecule has 7 nitrogen and oxygen atoms in total. The lowest BCUT2D eigenvalue weighted by Gasteiger charge is -2.30. The number of nitrogens with one attached hydrogen (secondary N) is 2. The molecule has 0 fully saturated rings. The molecule has 0 radical (unpaired) electrons. The van der Waals surface area contributed by atoms with Crippen LogP contribution in [-0.4, -0.2) is 26.8 Å². The molecule has 0 aromatic heterocycles. The zero-order chi connectivity index (χ0) is 18.3. The van der Waals surface area contributed by atoms with Crippen molar-refractivity contribution in [1.29, 1.82) is 0 Å². The van der Waals surface area contributed by atoms with Crippen molar-refractivity contribution >= 4 is 38.9 Å². The van der Waals surface area contributed by atoms with Crippen LogP contribution in [-0.2, 0) is 26.0 Å². The van der Waals surface area contributed by atoms with E-state index in [2.05, 4.69) is 10.6 Å². The smallest absolute Gasteiger partial charge is 0.264 e. The summed E-state index contributed by atoms with van der Waals surface area (Å²) in [6, 6.07) is 11.8. The van der Waals surface area contributed by atoms with Gasteiger partial charge in [-0.1, -0.05) is 18.2 Å². The fourth-order valence-corrected chi connectivity index (χ4v) is 4.87. The van der Waals surface area contributed by atoms with E-state index in [-0.39, 0.29) is 17.0 Å². The molecule has 0 unspecified atom stereocenters. The molecule has 26 heavy (non-hydrogen) atoms. The Morgan fingerprint density at radius 2 is 1.65 bits per heavy atom. The number of carbonyl (C=O) groups excluding carboxylic acids is 2. The van der Waals surface area contributed by atoms with Crippen LogP contribution in [0.1, 0.15) is 18.4 Å². The van der Waals surface area contributed by atoms with Gasteiger partial charge < -0.3 is 10.6 Å². The maximum atomic E-state index is 13.2. The third-order valence-corrected chi connectivity index (χ3v) is 6.33. The average molecular weight is 371 g/mol. The van der Waals surface area contributed by atoms with Crippen molar-refractivity contribution in [2.24, 2.45) is 0 Å². The standard InChI is InChI=1S/C18H17N3O4S/c22-17-11-18(23)20-15-10-13(7-8-14(15)19-17)26(24,25)21-9-3-5-12-4-1-2-6-16(12)21/h1-2,4,6-8,10H,3,5,9,11H2,(H,19,22)(H,20,23). The van der Waals surface area contributed by atoms with Gasteiger partial charge >= 0.3 is 0 Å². The molecular weight excluding hydrogens is 354 g/mol. The fraction of sp³-hybridized carbons (Fsp3) is 0.222. The van der Waals surface area contributed by atoms with Crippen molar-refractivity contribution in [1.82, 2.24) is 0 Å². The van der Waals surface area contributed by atoms with E-state index in [1.54, 1.807) is 6.07 Å². The number of para-hydroxylation sites is 1. The van der Waals surface area contributed by atoms with Gasteiger partial charge in [0.15, 0.2) is 0 Å². The highest BCUT2D eigenvalue weighted by Gasteiger charge is 2.30. The Balaban J connectivity index is 1.76. The van der Waals surface area contributed by atoms with Crippen LogP contribution in [0.4, 0.5) is 17.1 Å². The molecule has 0 saturated heterocycles. The van der Waals surface area contributed by atoms with Crippen molar-refractivity contribution in [3.05, 3.63) is 48.0 Å². The first-order valence-corrected chi connectivity index (χ1v) is 9.73. The molecule has 2 N–H and O–H groups in total. The minimum atomic E-state index is -3.78. The monoisotopic (exact) mass is 371 g/mol. The van der Waals surface area contributed by atoms with Gasteiger partial charge in [-0.05, 0) is 42.7 Å². The summed E-state index contributed by atoms with van der Waals surface area (Å²) < 4.78 is 27.8. The molecule has 0 bridgehead atoms. The number of fused-ring (bicyclic) bond motifs is 2. The Morgan fingerprint density at radius 3 is 2.46 bits per heavy atom. The topological polar surface area (TPSA) is 95.6 Å². The van der Waals surface area contributed by atoms with Gasteiger partial charge in [-0.2, -0.15) is 0 Å². The second-order valence-corrected chi connectivity index (χ2v) is 8.15. The van der Waals surface area contributed by atoms with Crippen molar-refractivity contribution in [3.63, 3.8) is 0 Å². The number of aryl methyl sites for hydroxylation is 1. The molecule has 134 valence electrons. The first-order chi connectivity index (χ1) is 12.4. The first kappa shape index (κ1) is 16.6. The third-order valence-electron chi connectivity index (χ3n) is 4.52. The van der Waals surface area contributed by atoms with E-state index in [0.717, 1.165) is 18.4 Å². The molecular formula is C18H17N3O4S. The maximum absolute atomic E-state index is 13.2. The quantitative estimate of drug-likeness (QED) is 0.791. The molecule has 2 aromatic carbocycles. The van der Waals surface area contributed by atoms with E-state index >= 15 is 0 Å². The summed E-state index contributed by atoms with van der Waals surface area (Å²) in [5.74, 6) is -0.902. The highest BCUT2D eigenvalue weighted by Crippen LogP contribution is 2.34. The van der Waals surface area contributed by atoms with Crippen molar-refractivity contribution in [2.75, 3.05) is 21.5 Å². The van der Waals surface area contributed by atoms with Crippen molar-refractivity contribution < 1.29 is 18.0 Å². The summed E-state index contributed by atoms with van der Waals surface area (Å²) in [5, 5.41) is 5.18. The summed E-state index contributed by atoms with van der Waals surface area (Å²) in [7, 11) is -3.78. The summed E-state index contributed by atoms with van der Waals surface area (Å²) in [6.45, 7) is 0.402. The number of amides is 2. The number of hydrogen-bond donors (Lipinski definition) is 2. The number of carbonyl (C=O) groups is 2. The van der Waals surface area contributed by atoms with E-state index in [4.69, 9.17) is 0 Å². The Morgan fingerprint density at radius 1 is 0.923 bits per heavy atom. The van der Waals surface area contributed by atoms with Crippen LogP contribution in [0.5, 0.6) is 0 Å². The lowest BCUT2D eigenvalue weighted by molar-refractivity contribution is -0.123. The van der Waals surface area contributed by atoms with Crippen LogP contribution in [0.25, 0.3) is 0 Å². The van der Waals surface area contributed by atoms with Gasteiger partial charge in [0.2, 0.25) is 11.8 Å². The van der Waals surface area contributed by atoms with Gasteiger partial charge in [-0.25, -0.2) is 8.42 Å². The average Bonchev–Trinajstić information content (AvgIpc) is 2.76. The van der Waals surface area contributed by atoms with E-state index < -0.39 is 21.8 Å². The lowest BCUT2D eigenvalue weighted by atomic mass is 10.0. The number of anilines is 3. The number of hydrogen-bond acceptors (Lipinski definition) is 4. The molecule has 0 aliphatic carbocycles. The highest BCUT2D eigenvalue weighted by molar-refractivity contribution is 7.92. The van der Waals surface area contributed by atoms with Gasteiger partial charge in [0.05, 0.1) is 22.0 Å². The number of rotatable bonds is 2. The molecule has 2 heterocycles. The SMILES string of the molecule is O=C1CC(=O)Nc2cc(S(=O)(=O)N3CCCc4ccccc43)ccc2N1. The van der Waals surface area contributed by atoms with Crippen LogP contribution in [0.15, 0.2) is 47.4 Å². The van der Waals surface area contributed by atoms with Gasteiger partial charge in [0.1, 0.15) is 6.42 Å². The maximum Gasteiger partial charge on any atom is 0.264 e. The zero-order valence-corrected chi connectivity index (χ0v) is 14.7. The molecule has 0 atom stereocenters. The third kappa shape index (κ3) is 2.82. The van der Waals surface area contributed by atoms with Crippen LogP contribution in [0.2, 0.25) is 0 Å². The molecule has 2 aliphatic rings. The van der Waals surface area contributed by atoms with Crippen LogP contribution in [0.3, 0.4) is 0 Å². The molecule has 4 rings (SSSR count). The second kappa shape index (κ2) is 6.14. The minimum Gasteiger partial charge on any atom is -0.324 e. The van der Waals surface area contributed by atoms with Gasteiger partial charge in [0.25, 0.3) is 10.0 Å². The number of sulfonamides is 1. The van der Waals surface area contributed by atoms with Gasteiger partial charge in [-0.3, -0.25) is 13.9 Å². The van der Waals surface area contributed by atoms with Crippen LogP contribution in [0, 0.1) is 0 Å². The van der Waals surface area contributed by atoms with Gasteiger partial charge in [-0.15, -0.1) is 0 Å². The second-order valence-electron chi connectivity index (χ2n) is 6.29. The number of nitrogens with zero attached hydrogens (tertiary/aromatic N) is 1. The Labute approximate surface area is 151 Å². The molecule has 2 amide bonds. The lowest BCUT2D eigenvalue weighted by Crippen LogP contribution is -2.35. The largest absolute Gasteiger partial charge is 0.324 e. The van der Waals surface area contributed by atoms with E-state index in [0.29, 0.717) is 17.9 Å². The highest BCUT2D eigenvalue weighted by atomic mass is 32.2. The predicted octanol–water partition coefficient (Wildman–Crippen LogP) is 2.11. The molecule has 2 aliphatic heterocycles. The van der Waals surface area contributed by atoms with Crippen molar-refractivity contribution in [3.8, 4) is 0 Å². The van der Waals surface area contributed by atoms with E-state index in [9.17, 15) is 18.0 Å². The molecule has 0 saturated carbocycles. The Hall–Kier alpha value is -2.87. The van der Waals surface area contributed by atoms with E-state index in [1.165, 1.54) is 22.5 Å². The molecule has 8 heteroatoms. The minimum absolute atomic E-state index is 0.0735. The normalized spacial score (nSPS) is 16.8. The zero-order valence-electron chi connectivity index (χ0n) is 13.9. The number of benzene rings is 2. The van der Waals surface area contributed by atoms with Crippen LogP contribution < -0.4 is 14.9 Å². The molecule has 2 aromatic rings. The first-order valence-electron chi connectivity index (χ1n) is 8.29. The van der Waals surface area contributed by atoms with Crippen LogP contribution >= 0.6 is 0 Å². The Kier molecular flexibility index (Phi) is 3.91. The van der Waals surface area contributed by atoms with Crippen molar-refractivity contribution in [2.45, 2.75) is 24.2 Å². The molecule has 0 spiro atoms. The fourth-order valence-electron chi connectivity index (χ4n) is 3.31. The summed E-state index contributed by atoms with van der Waals surface area (Å²) in [6.07, 6.45) is 1.29. The summed E-state index contributed by atoms with van der Waals surface area (Å²) in [4.78, 5) is 23.4. The van der Waals surface area contributed by atoms with Gasteiger partial charge in [0, 0.05) is 6.54 Å². The summed E-state index contributed by atoms with van der Waals surface area (Å²) in [5.41, 5.74) is 2.36. The summed E-state index contributed by atoms with van der Waals surface area (Å²) >= 11 is 0. The Bertz CT molecular complexity index is 1020. The van der Waals surface area contributed by atoms with E-state index in [1.807, 2.05) is 18.2 Å². The predicted molar refractivity (Wildman–Crippen MR) is 97.6 cm³/mol.